The number of nitrogens with two attached hydrogens (primary N) is 1. The van der Waals surface area contributed by atoms with Crippen LogP contribution in [0.25, 0.3) is 22.2 Å². The Labute approximate surface area is 106 Å². The molecule has 0 fully saturated rings. The number of aryl methyl sites for hydroxylation is 1. The Bertz CT molecular complexity index is 699. The summed E-state index contributed by atoms with van der Waals surface area (Å²) in [6, 6.07) is 7.82. The maximum atomic E-state index is 5.54. The molecule has 0 atom stereocenters. The highest BCUT2D eigenvalue weighted by Crippen LogP contribution is 2.30. The summed E-state index contributed by atoms with van der Waals surface area (Å²) < 4.78 is 8.28. The van der Waals surface area contributed by atoms with Gasteiger partial charge in [-0.25, -0.2) is 0 Å². The van der Waals surface area contributed by atoms with Gasteiger partial charge in [0.25, 0.3) is 0 Å². The van der Waals surface area contributed by atoms with Crippen LogP contribution in [0.4, 0.5) is 5.82 Å². The van der Waals surface area contributed by atoms with Crippen molar-refractivity contribution in [3.05, 3.63) is 34.9 Å². The number of nitrogen functional groups attached to an aromatic ring is 1. The van der Waals surface area contributed by atoms with E-state index in [2.05, 4.69) is 31.7 Å². The second-order valence-corrected chi connectivity index (χ2v) is 4.79. The Balaban J connectivity index is 2.22. The summed E-state index contributed by atoms with van der Waals surface area (Å²) in [5.74, 6) is 1.08. The van der Waals surface area contributed by atoms with Crippen LogP contribution in [0.3, 0.4) is 0 Å². The van der Waals surface area contributed by atoms with Gasteiger partial charge in [-0.2, -0.15) is 0 Å². The largest absolute Gasteiger partial charge is 0.381 e. The van der Waals surface area contributed by atoms with Crippen molar-refractivity contribution in [1.29, 1.82) is 0 Å². The van der Waals surface area contributed by atoms with Gasteiger partial charge < -0.3 is 14.8 Å². The van der Waals surface area contributed by atoms with Gasteiger partial charge in [-0.05, 0) is 34.1 Å². The minimum absolute atomic E-state index is 0.396. The molecule has 86 valence electrons. The van der Waals surface area contributed by atoms with E-state index in [1.165, 1.54) is 0 Å². The van der Waals surface area contributed by atoms with E-state index >= 15 is 0 Å². The first-order valence-electron chi connectivity index (χ1n) is 5.12. The Morgan fingerprint density at radius 2 is 2.18 bits per heavy atom. The minimum Gasteiger partial charge on any atom is -0.381 e. The quantitative estimate of drug-likeness (QED) is 0.749. The molecule has 17 heavy (non-hydrogen) atoms. The number of anilines is 1. The van der Waals surface area contributed by atoms with Crippen molar-refractivity contribution in [2.75, 3.05) is 5.73 Å². The summed E-state index contributed by atoms with van der Waals surface area (Å²) in [5, 5.41) is 4.83. The van der Waals surface area contributed by atoms with E-state index in [4.69, 9.17) is 10.3 Å². The van der Waals surface area contributed by atoms with Gasteiger partial charge in [-0.15, -0.1) is 0 Å². The van der Waals surface area contributed by atoms with Crippen LogP contribution >= 0.6 is 15.9 Å². The van der Waals surface area contributed by atoms with Gasteiger partial charge in [-0.3, -0.25) is 0 Å². The smallest absolute Gasteiger partial charge is 0.169 e. The van der Waals surface area contributed by atoms with Gasteiger partial charge in [0.1, 0.15) is 0 Å². The molecule has 0 saturated heterocycles. The highest BCUT2D eigenvalue weighted by Gasteiger charge is 2.09. The lowest BCUT2D eigenvalue weighted by Gasteiger charge is -1.98. The van der Waals surface area contributed by atoms with E-state index in [0.29, 0.717) is 11.6 Å². The van der Waals surface area contributed by atoms with Gasteiger partial charge >= 0.3 is 0 Å². The maximum Gasteiger partial charge on any atom is 0.169 e. The minimum atomic E-state index is 0.396. The van der Waals surface area contributed by atoms with E-state index < -0.39 is 0 Å². The molecule has 0 amide bonds. The van der Waals surface area contributed by atoms with Crippen molar-refractivity contribution in [1.82, 2.24) is 9.72 Å². The van der Waals surface area contributed by atoms with Crippen molar-refractivity contribution < 1.29 is 4.52 Å². The SMILES string of the molecule is Cn1cc(Br)c2cc(-c3cc(N)no3)ccc21. The number of hydrogen-bond acceptors (Lipinski definition) is 3. The van der Waals surface area contributed by atoms with E-state index in [-0.39, 0.29) is 0 Å². The standard InChI is InChI=1S/C12H10BrN3O/c1-16-6-9(13)8-4-7(2-3-10(8)16)11-5-12(14)15-17-11/h2-6H,1H3,(H2,14,15). The van der Waals surface area contributed by atoms with E-state index in [1.54, 1.807) is 6.07 Å². The first-order valence-corrected chi connectivity index (χ1v) is 5.91. The number of nitrogens with zero attached hydrogens (tertiary/aromatic N) is 2. The summed E-state index contributed by atoms with van der Waals surface area (Å²) in [5.41, 5.74) is 7.67. The van der Waals surface area contributed by atoms with Crippen LogP contribution in [-0.2, 0) is 7.05 Å². The van der Waals surface area contributed by atoms with Crippen LogP contribution < -0.4 is 5.73 Å². The van der Waals surface area contributed by atoms with Crippen LogP contribution in [0, 0.1) is 0 Å². The zero-order valence-electron chi connectivity index (χ0n) is 9.14. The lowest BCUT2D eigenvalue weighted by atomic mass is 10.1. The molecule has 0 radical (unpaired) electrons. The van der Waals surface area contributed by atoms with Crippen LogP contribution in [-0.4, -0.2) is 9.72 Å². The average Bonchev–Trinajstić information content (AvgIpc) is 2.85. The van der Waals surface area contributed by atoms with Crippen molar-refractivity contribution in [3.63, 3.8) is 0 Å². The molecule has 0 unspecified atom stereocenters. The van der Waals surface area contributed by atoms with Gasteiger partial charge in [-0.1, -0.05) is 5.16 Å². The Morgan fingerprint density at radius 1 is 1.35 bits per heavy atom. The monoisotopic (exact) mass is 291 g/mol. The molecule has 0 saturated carbocycles. The highest BCUT2D eigenvalue weighted by atomic mass is 79.9. The Hall–Kier alpha value is -1.75. The molecular formula is C12H10BrN3O. The third kappa shape index (κ3) is 1.63. The molecule has 0 aliphatic heterocycles. The fourth-order valence-electron chi connectivity index (χ4n) is 1.92. The number of benzene rings is 1. The van der Waals surface area contributed by atoms with Gasteiger partial charge in [0.15, 0.2) is 11.6 Å². The molecule has 2 heterocycles. The lowest BCUT2D eigenvalue weighted by molar-refractivity contribution is 0.436. The molecule has 0 bridgehead atoms. The molecule has 5 heteroatoms. The molecular weight excluding hydrogens is 282 g/mol. The van der Waals surface area contributed by atoms with Crippen LogP contribution in [0.5, 0.6) is 0 Å². The Kier molecular flexibility index (Phi) is 2.22. The number of aromatic nitrogens is 2. The summed E-state index contributed by atoms with van der Waals surface area (Å²) in [6.07, 6.45) is 2.03. The molecule has 4 nitrogen and oxygen atoms in total. The number of fused-ring (bicyclic) bond motifs is 1. The lowest BCUT2D eigenvalue weighted by Crippen LogP contribution is -1.83. The van der Waals surface area contributed by atoms with Crippen LogP contribution in [0.15, 0.2) is 39.5 Å². The zero-order chi connectivity index (χ0) is 12.0. The van der Waals surface area contributed by atoms with Crippen molar-refractivity contribution in [2.45, 2.75) is 0 Å². The predicted octanol–water partition coefficient (Wildman–Crippen LogP) is 3.18. The second kappa shape index (κ2) is 3.63. The summed E-state index contributed by atoms with van der Waals surface area (Å²) in [4.78, 5) is 0. The predicted molar refractivity (Wildman–Crippen MR) is 70.5 cm³/mol. The molecule has 2 aromatic heterocycles. The summed E-state index contributed by atoms with van der Waals surface area (Å²) in [7, 11) is 2.01. The first kappa shape index (κ1) is 10.4. The molecule has 2 N–H and O–H groups in total. The summed E-state index contributed by atoms with van der Waals surface area (Å²) >= 11 is 3.54. The van der Waals surface area contributed by atoms with E-state index in [1.807, 2.05) is 25.4 Å². The van der Waals surface area contributed by atoms with Crippen molar-refractivity contribution in [3.8, 4) is 11.3 Å². The average molecular weight is 292 g/mol. The highest BCUT2D eigenvalue weighted by molar-refractivity contribution is 9.10. The van der Waals surface area contributed by atoms with Crippen molar-refractivity contribution in [2.24, 2.45) is 7.05 Å². The van der Waals surface area contributed by atoms with Crippen LogP contribution in [0.2, 0.25) is 0 Å². The number of rotatable bonds is 1. The van der Waals surface area contributed by atoms with Crippen LogP contribution in [0.1, 0.15) is 0 Å². The van der Waals surface area contributed by atoms with E-state index in [0.717, 1.165) is 20.9 Å². The number of hydrogen-bond donors (Lipinski definition) is 1. The zero-order valence-corrected chi connectivity index (χ0v) is 10.7. The van der Waals surface area contributed by atoms with Gasteiger partial charge in [0.2, 0.25) is 0 Å². The topological polar surface area (TPSA) is 57.0 Å². The maximum absolute atomic E-state index is 5.54. The summed E-state index contributed by atoms with van der Waals surface area (Å²) in [6.45, 7) is 0. The normalized spacial score (nSPS) is 11.2. The molecule has 0 aliphatic carbocycles. The fraction of sp³-hybridized carbons (Fsp3) is 0.0833. The van der Waals surface area contributed by atoms with Crippen molar-refractivity contribution >= 4 is 32.7 Å². The fourth-order valence-corrected chi connectivity index (χ4v) is 2.55. The van der Waals surface area contributed by atoms with E-state index in [9.17, 15) is 0 Å². The molecule has 1 aromatic carbocycles. The molecule has 3 aromatic rings. The van der Waals surface area contributed by atoms with Gasteiger partial charge in [0.05, 0.1) is 0 Å². The molecule has 0 aliphatic rings. The number of halogens is 1. The molecule has 3 rings (SSSR count). The van der Waals surface area contributed by atoms with Gasteiger partial charge in [0, 0.05) is 40.2 Å². The second-order valence-electron chi connectivity index (χ2n) is 3.94. The Morgan fingerprint density at radius 3 is 2.88 bits per heavy atom. The molecule has 0 spiro atoms. The first-order chi connectivity index (χ1) is 8.15. The third-order valence-corrected chi connectivity index (χ3v) is 3.39. The third-order valence-electron chi connectivity index (χ3n) is 2.75.